The molecule has 2 N–H and O–H groups in total. The molecule has 0 spiro atoms. The van der Waals surface area contributed by atoms with Crippen LogP contribution < -0.4 is 9.62 Å². The lowest BCUT2D eigenvalue weighted by molar-refractivity contribution is 0.195. The fourth-order valence-electron chi connectivity index (χ4n) is 2.23. The Bertz CT molecular complexity index is 736. The molecule has 1 aliphatic carbocycles. The van der Waals surface area contributed by atoms with Crippen LogP contribution in [-0.2, 0) is 10.0 Å². The zero-order chi connectivity index (χ0) is 17.6. The Morgan fingerprint density at radius 1 is 1.35 bits per heavy atom. The highest BCUT2D eigenvalue weighted by molar-refractivity contribution is 7.94. The molecule has 0 unspecified atom stereocenters. The Morgan fingerprint density at radius 2 is 1.91 bits per heavy atom. The molecular weight excluding hydrogens is 340 g/mol. The summed E-state index contributed by atoms with van der Waals surface area (Å²) >= 11 is 6.08. The average Bonchev–Trinajstić information content (AvgIpc) is 3.11. The Hall–Kier alpha value is -1.47. The van der Waals surface area contributed by atoms with Crippen molar-refractivity contribution >= 4 is 39.1 Å². The Balaban J connectivity index is 2.41. The summed E-state index contributed by atoms with van der Waals surface area (Å²) in [5.41, 5.74) is -0.140. The smallest absolute Gasteiger partial charge is 0.412 e. The predicted octanol–water partition coefficient (Wildman–Crippen LogP) is 3.92. The van der Waals surface area contributed by atoms with Crippen molar-refractivity contribution < 1.29 is 18.3 Å². The summed E-state index contributed by atoms with van der Waals surface area (Å²) in [6, 6.07) is 4.50. The summed E-state index contributed by atoms with van der Waals surface area (Å²) in [5, 5.41) is 9.67. The number of halogens is 1. The molecule has 0 heterocycles. The molecule has 2 rings (SSSR count). The van der Waals surface area contributed by atoms with E-state index in [1.807, 2.05) is 0 Å². The van der Waals surface area contributed by atoms with Gasteiger partial charge in [0, 0.05) is 11.2 Å². The van der Waals surface area contributed by atoms with Crippen molar-refractivity contribution in [3.05, 3.63) is 23.2 Å². The first-order valence-electron chi connectivity index (χ1n) is 7.22. The van der Waals surface area contributed by atoms with Gasteiger partial charge in [-0.05, 0) is 58.7 Å². The number of hydrogen-bond acceptors (Lipinski definition) is 3. The van der Waals surface area contributed by atoms with Gasteiger partial charge in [0.25, 0.3) is 0 Å². The average molecular weight is 361 g/mol. The number of rotatable bonds is 4. The monoisotopic (exact) mass is 360 g/mol. The van der Waals surface area contributed by atoms with Crippen LogP contribution in [-0.4, -0.2) is 29.9 Å². The standard InChI is InChI=1S/C15H21ClN2O4S/c1-14(2,3)18(13(19)20)10-5-6-11(16)12(9-10)17-23(21,22)15(4)7-8-15/h5-6,9,17H,7-8H2,1-4H3,(H,19,20). The van der Waals surface area contributed by atoms with Crippen LogP contribution in [0.15, 0.2) is 18.2 Å². The minimum atomic E-state index is -3.56. The van der Waals surface area contributed by atoms with Crippen LogP contribution in [0.4, 0.5) is 16.2 Å². The molecule has 1 aromatic rings. The predicted molar refractivity (Wildman–Crippen MR) is 91.9 cm³/mol. The molecular formula is C15H21ClN2O4S. The van der Waals surface area contributed by atoms with Gasteiger partial charge in [-0.15, -0.1) is 0 Å². The van der Waals surface area contributed by atoms with E-state index in [2.05, 4.69) is 4.72 Å². The molecule has 1 aromatic carbocycles. The number of amides is 1. The Morgan fingerprint density at radius 3 is 2.35 bits per heavy atom. The normalized spacial score (nSPS) is 16.7. The van der Waals surface area contributed by atoms with Crippen LogP contribution in [0.3, 0.4) is 0 Å². The molecule has 0 bridgehead atoms. The van der Waals surface area contributed by atoms with E-state index >= 15 is 0 Å². The number of nitrogens with zero attached hydrogens (tertiary/aromatic N) is 1. The van der Waals surface area contributed by atoms with Crippen molar-refractivity contribution in [2.75, 3.05) is 9.62 Å². The van der Waals surface area contributed by atoms with E-state index < -0.39 is 26.4 Å². The first-order chi connectivity index (χ1) is 10.4. The molecule has 1 saturated carbocycles. The van der Waals surface area contributed by atoms with Gasteiger partial charge in [-0.2, -0.15) is 0 Å². The van der Waals surface area contributed by atoms with E-state index in [1.54, 1.807) is 33.8 Å². The lowest BCUT2D eigenvalue weighted by atomic mass is 10.1. The number of carboxylic acid groups (broad SMARTS) is 1. The van der Waals surface area contributed by atoms with Crippen LogP contribution in [0.1, 0.15) is 40.5 Å². The van der Waals surface area contributed by atoms with Crippen LogP contribution in [0.2, 0.25) is 5.02 Å². The number of benzene rings is 1. The summed E-state index contributed by atoms with van der Waals surface area (Å²) in [6.07, 6.45) is 0.0777. The van der Waals surface area contributed by atoms with Crippen LogP contribution >= 0.6 is 11.6 Å². The van der Waals surface area contributed by atoms with E-state index in [0.29, 0.717) is 18.5 Å². The van der Waals surface area contributed by atoms with Crippen LogP contribution in [0, 0.1) is 0 Å². The minimum Gasteiger partial charge on any atom is -0.465 e. The molecule has 0 aromatic heterocycles. The SMILES string of the molecule is CC(C)(C)N(C(=O)O)c1ccc(Cl)c(NS(=O)(=O)C2(C)CC2)c1. The second-order valence-electron chi connectivity index (χ2n) is 7.01. The molecule has 0 radical (unpaired) electrons. The minimum absolute atomic E-state index is 0.188. The Kier molecular flexibility index (Phi) is 4.32. The van der Waals surface area contributed by atoms with Crippen molar-refractivity contribution in [3.8, 4) is 0 Å². The third kappa shape index (κ3) is 3.55. The highest BCUT2D eigenvalue weighted by Gasteiger charge is 2.50. The second kappa shape index (κ2) is 5.56. The lowest BCUT2D eigenvalue weighted by Gasteiger charge is -2.33. The van der Waals surface area contributed by atoms with Gasteiger partial charge in [0.15, 0.2) is 0 Å². The largest absolute Gasteiger partial charge is 0.465 e. The summed E-state index contributed by atoms with van der Waals surface area (Å²) in [5.74, 6) is 0. The number of nitrogens with one attached hydrogen (secondary N) is 1. The van der Waals surface area contributed by atoms with E-state index in [1.165, 1.54) is 17.0 Å². The van der Waals surface area contributed by atoms with E-state index in [0.717, 1.165) is 0 Å². The molecule has 1 fully saturated rings. The molecule has 1 amide bonds. The van der Waals surface area contributed by atoms with E-state index in [4.69, 9.17) is 11.6 Å². The fraction of sp³-hybridized carbons (Fsp3) is 0.533. The third-order valence-corrected chi connectivity index (χ3v) is 6.44. The maximum absolute atomic E-state index is 12.3. The van der Waals surface area contributed by atoms with Crippen molar-refractivity contribution in [1.82, 2.24) is 0 Å². The van der Waals surface area contributed by atoms with Gasteiger partial charge in [0.1, 0.15) is 0 Å². The molecule has 6 nitrogen and oxygen atoms in total. The second-order valence-corrected chi connectivity index (χ2v) is 9.61. The highest BCUT2D eigenvalue weighted by atomic mass is 35.5. The van der Waals surface area contributed by atoms with Gasteiger partial charge < -0.3 is 5.11 Å². The number of sulfonamides is 1. The number of anilines is 2. The maximum atomic E-state index is 12.3. The first kappa shape index (κ1) is 17.9. The van der Waals surface area contributed by atoms with Crippen LogP contribution in [0.5, 0.6) is 0 Å². The van der Waals surface area contributed by atoms with Gasteiger partial charge in [0.2, 0.25) is 10.0 Å². The van der Waals surface area contributed by atoms with E-state index in [9.17, 15) is 18.3 Å². The van der Waals surface area contributed by atoms with Gasteiger partial charge in [0.05, 0.1) is 15.5 Å². The number of hydrogen-bond donors (Lipinski definition) is 2. The first-order valence-corrected chi connectivity index (χ1v) is 9.09. The molecule has 23 heavy (non-hydrogen) atoms. The Labute approximate surface area is 141 Å². The highest BCUT2D eigenvalue weighted by Crippen LogP contribution is 2.44. The number of carbonyl (C=O) groups is 1. The fourth-order valence-corrected chi connectivity index (χ4v) is 3.79. The molecule has 128 valence electrons. The van der Waals surface area contributed by atoms with E-state index in [-0.39, 0.29) is 10.7 Å². The molecule has 0 saturated heterocycles. The topological polar surface area (TPSA) is 86.7 Å². The summed E-state index contributed by atoms with van der Waals surface area (Å²) < 4.78 is 26.4. The van der Waals surface area contributed by atoms with Gasteiger partial charge in [-0.3, -0.25) is 9.62 Å². The molecule has 8 heteroatoms. The van der Waals surface area contributed by atoms with Crippen molar-refractivity contribution in [1.29, 1.82) is 0 Å². The third-order valence-electron chi connectivity index (χ3n) is 3.92. The zero-order valence-electron chi connectivity index (χ0n) is 13.6. The molecule has 0 aliphatic heterocycles. The van der Waals surface area contributed by atoms with Gasteiger partial charge >= 0.3 is 6.09 Å². The maximum Gasteiger partial charge on any atom is 0.412 e. The van der Waals surface area contributed by atoms with Gasteiger partial charge in [-0.1, -0.05) is 11.6 Å². The van der Waals surface area contributed by atoms with Gasteiger partial charge in [-0.25, -0.2) is 13.2 Å². The van der Waals surface area contributed by atoms with Crippen LogP contribution in [0.25, 0.3) is 0 Å². The lowest BCUT2D eigenvalue weighted by Crippen LogP contribution is -2.45. The summed E-state index contributed by atoms with van der Waals surface area (Å²) in [4.78, 5) is 12.7. The summed E-state index contributed by atoms with van der Waals surface area (Å²) in [7, 11) is -3.56. The van der Waals surface area contributed by atoms with Crippen molar-refractivity contribution in [3.63, 3.8) is 0 Å². The molecule has 1 aliphatic rings. The summed E-state index contributed by atoms with van der Waals surface area (Å²) in [6.45, 7) is 6.94. The quantitative estimate of drug-likeness (QED) is 0.852. The zero-order valence-corrected chi connectivity index (χ0v) is 15.1. The molecule has 0 atom stereocenters. The van der Waals surface area contributed by atoms with Crippen molar-refractivity contribution in [2.45, 2.75) is 50.8 Å². The van der Waals surface area contributed by atoms with Crippen molar-refractivity contribution in [2.24, 2.45) is 0 Å².